The van der Waals surface area contributed by atoms with E-state index < -0.39 is 34.9 Å². The van der Waals surface area contributed by atoms with E-state index in [4.69, 9.17) is 0 Å². The summed E-state index contributed by atoms with van der Waals surface area (Å²) >= 11 is 0. The Bertz CT molecular complexity index is 3290. The minimum Gasteiger partial charge on any atom is -0.307 e. The molecule has 0 fully saturated rings. The van der Waals surface area contributed by atoms with Crippen LogP contribution in [-0.4, -0.2) is 0 Å². The summed E-state index contributed by atoms with van der Waals surface area (Å²) in [6.45, 7) is 0. The van der Waals surface area contributed by atoms with Crippen molar-refractivity contribution in [2.45, 2.75) is 0 Å². The minimum absolute atomic E-state index is 0.0582. The van der Waals surface area contributed by atoms with Crippen LogP contribution in [-0.2, 0) is 0 Å². The van der Waals surface area contributed by atoms with Gasteiger partial charge in [-0.3, -0.25) is 0 Å². The predicted octanol–water partition coefficient (Wildman–Crippen LogP) is 15.4. The highest BCUT2D eigenvalue weighted by molar-refractivity contribution is 6.28. The van der Waals surface area contributed by atoms with E-state index in [-0.39, 0.29) is 33.6 Å². The molecule has 0 saturated carbocycles. The van der Waals surface area contributed by atoms with Crippen molar-refractivity contribution in [2.24, 2.45) is 0 Å². The summed E-state index contributed by atoms with van der Waals surface area (Å²) in [5, 5.41) is 23.6. The van der Waals surface area contributed by atoms with Crippen LogP contribution in [0.4, 0.5) is 60.5 Å². The van der Waals surface area contributed by atoms with Crippen molar-refractivity contribution in [1.29, 1.82) is 10.5 Å². The van der Waals surface area contributed by atoms with Crippen LogP contribution in [0, 0.1) is 57.6 Å². The zero-order valence-electron chi connectivity index (χ0n) is 33.2. The van der Waals surface area contributed by atoms with Crippen molar-refractivity contribution in [1.82, 2.24) is 0 Å². The molecule has 0 spiro atoms. The molecule has 0 aliphatic heterocycles. The zero-order chi connectivity index (χ0) is 44.2. The van der Waals surface area contributed by atoms with Crippen LogP contribution in [0.5, 0.6) is 0 Å². The van der Waals surface area contributed by atoms with Gasteiger partial charge in [0.15, 0.2) is 0 Å². The fraction of sp³-hybridized carbons (Fsp3) is 0. The van der Waals surface area contributed by atoms with Gasteiger partial charge in [-0.15, -0.1) is 0 Å². The lowest BCUT2D eigenvalue weighted by molar-refractivity contribution is 0.604. The molecule has 10 aromatic carbocycles. The molecule has 0 heterocycles. The van der Waals surface area contributed by atoms with Gasteiger partial charge < -0.3 is 9.80 Å². The fourth-order valence-corrected chi connectivity index (χ4v) is 8.46. The average Bonchev–Trinajstić information content (AvgIpc) is 3.32. The quantitative estimate of drug-likeness (QED) is 0.113. The molecule has 4 nitrogen and oxygen atoms in total. The number of rotatable bonds is 8. The number of hydrogen-bond donors (Lipinski definition) is 0. The molecule has 0 aromatic heterocycles. The zero-order valence-corrected chi connectivity index (χ0v) is 33.2. The molecule has 0 radical (unpaired) electrons. The second-order valence-electron chi connectivity index (χ2n) is 15.2. The van der Waals surface area contributed by atoms with Crippen molar-refractivity contribution in [3.05, 3.63) is 216 Å². The van der Waals surface area contributed by atoms with Gasteiger partial charge in [0.25, 0.3) is 0 Å². The van der Waals surface area contributed by atoms with E-state index in [1.807, 2.05) is 36.4 Å². The molecular weight excluding hydrogens is 819 g/mol. The fourth-order valence-electron chi connectivity index (χ4n) is 8.46. The van der Waals surface area contributed by atoms with Crippen LogP contribution in [0.15, 0.2) is 170 Å². The van der Waals surface area contributed by atoms with Gasteiger partial charge in [0.1, 0.15) is 34.9 Å². The topological polar surface area (TPSA) is 54.1 Å². The first-order valence-electron chi connectivity index (χ1n) is 19.9. The Morgan fingerprint density at radius 3 is 1.06 bits per heavy atom. The summed E-state index contributed by atoms with van der Waals surface area (Å²) in [6, 6.07) is 46.5. The van der Waals surface area contributed by atoms with Crippen LogP contribution >= 0.6 is 0 Å². The number of halogens is 6. The van der Waals surface area contributed by atoms with Crippen LogP contribution in [0.3, 0.4) is 0 Å². The number of nitriles is 2. The number of nitrogens with zero attached hydrogens (tertiary/aromatic N) is 4. The maximum Gasteiger partial charge on any atom is 0.148 e. The average molecular weight is 847 g/mol. The molecule has 10 heteroatoms. The third-order valence-electron chi connectivity index (χ3n) is 11.5. The first-order chi connectivity index (χ1) is 31.1. The van der Waals surface area contributed by atoms with E-state index in [1.165, 1.54) is 48.5 Å². The summed E-state index contributed by atoms with van der Waals surface area (Å²) in [4.78, 5) is 3.15. The highest BCUT2D eigenvalue weighted by Gasteiger charge is 2.26. The summed E-state index contributed by atoms with van der Waals surface area (Å²) in [5.74, 6) is -4.07. The van der Waals surface area contributed by atoms with Gasteiger partial charge in [-0.05, 0) is 130 Å². The Labute approximate surface area is 362 Å². The summed E-state index contributed by atoms with van der Waals surface area (Å²) in [7, 11) is 0. The summed E-state index contributed by atoms with van der Waals surface area (Å²) in [5.41, 5.74) is 2.72. The SMILES string of the molecule is N#Cc1ccc(N(c2cc(F)c(-c3ccc(F)cc3)cc2F)c2ccc3ccc4c(N(c5ccc(C#N)cc5)c5cc(F)c(-c6ccc(F)cc6)cc5F)ccc5ccc2c3c54)cc1. The van der Waals surface area contributed by atoms with Crippen molar-refractivity contribution < 1.29 is 26.3 Å². The van der Waals surface area contributed by atoms with Crippen molar-refractivity contribution in [3.63, 3.8) is 0 Å². The lowest BCUT2D eigenvalue weighted by Crippen LogP contribution is -2.14. The van der Waals surface area contributed by atoms with Gasteiger partial charge in [-0.2, -0.15) is 10.5 Å². The van der Waals surface area contributed by atoms with Crippen LogP contribution < -0.4 is 9.80 Å². The van der Waals surface area contributed by atoms with Crippen LogP contribution in [0.2, 0.25) is 0 Å². The highest BCUT2D eigenvalue weighted by Crippen LogP contribution is 2.49. The highest BCUT2D eigenvalue weighted by atomic mass is 19.1. The van der Waals surface area contributed by atoms with Gasteiger partial charge in [0.2, 0.25) is 0 Å². The van der Waals surface area contributed by atoms with E-state index in [1.54, 1.807) is 70.5 Å². The Morgan fingerprint density at radius 2 is 0.703 bits per heavy atom. The lowest BCUT2D eigenvalue weighted by Gasteiger charge is -2.30. The molecule has 0 unspecified atom stereocenters. The molecule has 10 aromatic rings. The second-order valence-corrected chi connectivity index (χ2v) is 15.2. The number of benzene rings is 10. The van der Waals surface area contributed by atoms with Crippen LogP contribution in [0.25, 0.3) is 54.6 Å². The molecular formula is C54H28F6N4. The molecule has 0 atom stereocenters. The van der Waals surface area contributed by atoms with E-state index >= 15 is 17.6 Å². The molecule has 10 rings (SSSR count). The molecule has 0 saturated heterocycles. The molecule has 0 aliphatic rings. The predicted molar refractivity (Wildman–Crippen MR) is 240 cm³/mol. The van der Waals surface area contributed by atoms with E-state index in [2.05, 4.69) is 12.1 Å². The largest absolute Gasteiger partial charge is 0.307 e. The maximum absolute atomic E-state index is 16.6. The Kier molecular flexibility index (Phi) is 9.70. The molecule has 0 aliphatic carbocycles. The monoisotopic (exact) mass is 846 g/mol. The van der Waals surface area contributed by atoms with Gasteiger partial charge in [-0.1, -0.05) is 60.7 Å². The summed E-state index contributed by atoms with van der Waals surface area (Å²) < 4.78 is 93.1. The van der Waals surface area contributed by atoms with Crippen molar-refractivity contribution in [3.8, 4) is 34.4 Å². The van der Waals surface area contributed by atoms with Gasteiger partial charge in [0.05, 0.1) is 46.0 Å². The first-order valence-corrected chi connectivity index (χ1v) is 19.9. The third-order valence-corrected chi connectivity index (χ3v) is 11.5. The smallest absolute Gasteiger partial charge is 0.148 e. The van der Waals surface area contributed by atoms with E-state index in [9.17, 15) is 19.3 Å². The third kappa shape index (κ3) is 6.75. The molecule has 0 bridgehead atoms. The second kappa shape index (κ2) is 15.7. The normalized spacial score (nSPS) is 11.2. The summed E-state index contributed by atoms with van der Waals surface area (Å²) in [6.07, 6.45) is 0. The van der Waals surface area contributed by atoms with Gasteiger partial charge >= 0.3 is 0 Å². The Morgan fingerprint density at radius 1 is 0.344 bits per heavy atom. The standard InChI is InChI=1S/C54H28F6N4/c55-37-13-5-33(6-14-37)43-25-47(59)51(27-45(43)57)63(39-17-1-31(29-61)2-18-39)49-23-11-35-10-22-42-50(24-12-36-9-21-41(49)53(35)54(36)42)64(40-19-3-32(30-62)4-20-40)52-28-46(58)44(26-48(52)60)34-7-15-38(56)16-8-34/h1-28H. The van der Waals surface area contributed by atoms with Crippen molar-refractivity contribution in [2.75, 3.05) is 9.80 Å². The Balaban J connectivity index is 1.19. The molecule has 0 amide bonds. The van der Waals surface area contributed by atoms with E-state index in [0.29, 0.717) is 44.6 Å². The number of hydrogen-bond acceptors (Lipinski definition) is 4. The van der Waals surface area contributed by atoms with Gasteiger partial charge in [0, 0.05) is 45.4 Å². The van der Waals surface area contributed by atoms with E-state index in [0.717, 1.165) is 45.8 Å². The molecule has 306 valence electrons. The maximum atomic E-state index is 16.6. The minimum atomic E-state index is -0.768. The lowest BCUT2D eigenvalue weighted by atomic mass is 9.91. The van der Waals surface area contributed by atoms with Crippen LogP contribution in [0.1, 0.15) is 11.1 Å². The molecule has 64 heavy (non-hydrogen) atoms. The van der Waals surface area contributed by atoms with Crippen molar-refractivity contribution >= 4 is 66.4 Å². The molecule has 0 N–H and O–H groups in total. The number of anilines is 6. The Hall–Kier alpha value is -8.60. The van der Waals surface area contributed by atoms with Gasteiger partial charge in [-0.25, -0.2) is 26.3 Å². The first kappa shape index (κ1) is 39.5.